The highest BCUT2D eigenvalue weighted by Gasteiger charge is 2.19. The molecule has 0 aromatic rings. The molecule has 368 valence electrons. The summed E-state index contributed by atoms with van der Waals surface area (Å²) >= 11 is 0. The first kappa shape index (κ1) is 60.4. The van der Waals surface area contributed by atoms with Gasteiger partial charge in [0.2, 0.25) is 0 Å². The average Bonchev–Trinajstić information content (AvgIpc) is 3.26. The first-order valence-corrected chi connectivity index (χ1v) is 27.9. The third-order valence-electron chi connectivity index (χ3n) is 12.8. The summed E-state index contributed by atoms with van der Waals surface area (Å²) in [5.74, 6) is 0.0142. The summed E-state index contributed by atoms with van der Waals surface area (Å²) in [4.78, 5) is 38.0. The topological polar surface area (TPSA) is 78.9 Å². The lowest BCUT2D eigenvalue weighted by Gasteiger charge is -2.18. The van der Waals surface area contributed by atoms with Crippen LogP contribution in [0.3, 0.4) is 0 Å². The van der Waals surface area contributed by atoms with Crippen molar-refractivity contribution in [3.05, 3.63) is 0 Å². The van der Waals surface area contributed by atoms with E-state index in [9.17, 15) is 14.4 Å². The Hall–Kier alpha value is -1.59. The number of hydrogen-bond acceptors (Lipinski definition) is 6. The van der Waals surface area contributed by atoms with Crippen LogP contribution in [0.15, 0.2) is 0 Å². The second kappa shape index (κ2) is 50.4. The summed E-state index contributed by atoms with van der Waals surface area (Å²) < 4.78 is 16.8. The fourth-order valence-corrected chi connectivity index (χ4v) is 8.57. The van der Waals surface area contributed by atoms with Crippen molar-refractivity contribution >= 4 is 17.9 Å². The molecule has 6 nitrogen and oxygen atoms in total. The van der Waals surface area contributed by atoms with Crippen LogP contribution in [-0.2, 0) is 28.6 Å². The molecule has 0 N–H and O–H groups in total. The van der Waals surface area contributed by atoms with E-state index in [2.05, 4.69) is 27.7 Å². The van der Waals surface area contributed by atoms with Gasteiger partial charge in [0.25, 0.3) is 0 Å². The van der Waals surface area contributed by atoms with E-state index >= 15 is 0 Å². The third kappa shape index (κ3) is 49.4. The molecule has 1 atom stereocenters. The van der Waals surface area contributed by atoms with Gasteiger partial charge in [0, 0.05) is 19.3 Å². The maximum atomic E-state index is 12.8. The molecule has 0 aromatic carbocycles. The monoisotopic (exact) mass is 877 g/mol. The molecule has 0 aliphatic rings. The minimum absolute atomic E-state index is 0.0620. The van der Waals surface area contributed by atoms with Gasteiger partial charge < -0.3 is 14.2 Å². The number of esters is 3. The lowest BCUT2D eigenvalue weighted by atomic mass is 10.0. The molecule has 0 bridgehead atoms. The van der Waals surface area contributed by atoms with Crippen LogP contribution in [0.1, 0.15) is 317 Å². The zero-order chi connectivity index (χ0) is 45.2. The molecular weight excluding hydrogens is 769 g/mol. The number of ether oxygens (including phenoxy) is 3. The Kier molecular flexibility index (Phi) is 49.1. The van der Waals surface area contributed by atoms with E-state index in [1.165, 1.54) is 212 Å². The minimum atomic E-state index is -0.760. The summed E-state index contributed by atoms with van der Waals surface area (Å²) in [6, 6.07) is 0. The molecule has 0 aliphatic carbocycles. The van der Waals surface area contributed by atoms with Crippen molar-refractivity contribution in [1.29, 1.82) is 0 Å². The Morgan fingerprint density at radius 3 is 0.790 bits per heavy atom. The SMILES string of the molecule is CCCCCCCCCCCCCCCCC(=O)O[C@@H](COC(=O)CCCCCCCCCCCCC)COC(=O)CCCCCCCCCCCCCCCCCCC(C)C. The molecular formula is C56H108O6. The summed E-state index contributed by atoms with van der Waals surface area (Å²) in [5, 5.41) is 0. The van der Waals surface area contributed by atoms with E-state index in [4.69, 9.17) is 14.2 Å². The summed E-state index contributed by atoms with van der Waals surface area (Å²) in [6.45, 7) is 9.05. The number of rotatable bonds is 51. The van der Waals surface area contributed by atoms with Gasteiger partial charge in [0.15, 0.2) is 6.10 Å². The molecule has 0 saturated carbocycles. The van der Waals surface area contributed by atoms with Crippen molar-refractivity contribution < 1.29 is 28.6 Å². The number of unbranched alkanes of at least 4 members (excludes halogenated alkanes) is 38. The zero-order valence-corrected chi connectivity index (χ0v) is 42.3. The molecule has 0 aliphatic heterocycles. The molecule has 0 fully saturated rings. The molecule has 62 heavy (non-hydrogen) atoms. The first-order valence-electron chi connectivity index (χ1n) is 27.9. The third-order valence-corrected chi connectivity index (χ3v) is 12.8. The summed E-state index contributed by atoms with van der Waals surface area (Å²) in [7, 11) is 0. The maximum Gasteiger partial charge on any atom is 0.306 e. The second-order valence-electron chi connectivity index (χ2n) is 19.7. The Morgan fingerprint density at radius 1 is 0.306 bits per heavy atom. The maximum absolute atomic E-state index is 12.8. The van der Waals surface area contributed by atoms with E-state index in [1.54, 1.807) is 0 Å². The van der Waals surface area contributed by atoms with Gasteiger partial charge in [-0.2, -0.15) is 0 Å². The summed E-state index contributed by atoms with van der Waals surface area (Å²) in [5.41, 5.74) is 0. The van der Waals surface area contributed by atoms with E-state index < -0.39 is 6.10 Å². The average molecular weight is 877 g/mol. The van der Waals surface area contributed by atoms with Gasteiger partial charge in [-0.15, -0.1) is 0 Å². The van der Waals surface area contributed by atoms with Crippen molar-refractivity contribution in [2.45, 2.75) is 323 Å². The molecule has 0 unspecified atom stereocenters. The standard InChI is InChI=1S/C56H108O6/c1-5-7-9-11-13-15-17-18-24-29-33-37-41-45-49-56(59)62-53(50-60-54(57)47-43-39-35-31-26-16-14-12-10-8-6-2)51-61-55(58)48-44-40-36-32-28-25-22-20-19-21-23-27-30-34-38-42-46-52(3)4/h52-53H,5-51H2,1-4H3/t53-/m0/s1. The molecule has 0 rings (SSSR count). The summed E-state index contributed by atoms with van der Waals surface area (Å²) in [6.07, 6.45) is 53.7. The van der Waals surface area contributed by atoms with Gasteiger partial charge in [0.1, 0.15) is 13.2 Å². The number of hydrogen-bond donors (Lipinski definition) is 0. The van der Waals surface area contributed by atoms with Crippen LogP contribution < -0.4 is 0 Å². The van der Waals surface area contributed by atoms with Crippen molar-refractivity contribution in [3.8, 4) is 0 Å². The van der Waals surface area contributed by atoms with Crippen LogP contribution >= 0.6 is 0 Å². The molecule has 0 spiro atoms. The van der Waals surface area contributed by atoms with E-state index in [-0.39, 0.29) is 31.1 Å². The predicted molar refractivity (Wildman–Crippen MR) is 266 cm³/mol. The van der Waals surface area contributed by atoms with Crippen molar-refractivity contribution in [3.63, 3.8) is 0 Å². The number of carbonyl (C=O) groups excluding carboxylic acids is 3. The Morgan fingerprint density at radius 2 is 0.532 bits per heavy atom. The molecule has 0 heterocycles. The van der Waals surface area contributed by atoms with E-state index in [1.807, 2.05) is 0 Å². The second-order valence-corrected chi connectivity index (χ2v) is 19.7. The number of carbonyl (C=O) groups is 3. The molecule has 0 saturated heterocycles. The molecule has 0 amide bonds. The van der Waals surface area contributed by atoms with E-state index in [0.29, 0.717) is 19.3 Å². The lowest BCUT2D eigenvalue weighted by Crippen LogP contribution is -2.30. The van der Waals surface area contributed by atoms with Gasteiger partial charge in [-0.25, -0.2) is 0 Å². The van der Waals surface area contributed by atoms with Crippen molar-refractivity contribution in [2.24, 2.45) is 5.92 Å². The van der Waals surface area contributed by atoms with Gasteiger partial charge in [-0.1, -0.05) is 278 Å². The lowest BCUT2D eigenvalue weighted by molar-refractivity contribution is -0.167. The quantitative estimate of drug-likeness (QED) is 0.0344. The normalized spacial score (nSPS) is 12.0. The van der Waals surface area contributed by atoms with E-state index in [0.717, 1.165) is 63.7 Å². The Balaban J connectivity index is 4.24. The van der Waals surface area contributed by atoms with Crippen molar-refractivity contribution in [2.75, 3.05) is 13.2 Å². The molecule has 0 aromatic heterocycles. The smallest absolute Gasteiger partial charge is 0.306 e. The first-order chi connectivity index (χ1) is 30.4. The van der Waals surface area contributed by atoms with Gasteiger partial charge in [0.05, 0.1) is 0 Å². The van der Waals surface area contributed by atoms with Crippen LogP contribution in [0.4, 0.5) is 0 Å². The van der Waals surface area contributed by atoms with Crippen LogP contribution in [0.2, 0.25) is 0 Å². The predicted octanol–water partition coefficient (Wildman–Crippen LogP) is 18.2. The Labute approximate surface area is 387 Å². The fourth-order valence-electron chi connectivity index (χ4n) is 8.57. The zero-order valence-electron chi connectivity index (χ0n) is 42.3. The van der Waals surface area contributed by atoms with Crippen LogP contribution in [-0.4, -0.2) is 37.2 Å². The van der Waals surface area contributed by atoms with Gasteiger partial charge in [-0.3, -0.25) is 14.4 Å². The highest BCUT2D eigenvalue weighted by Crippen LogP contribution is 2.18. The Bertz CT molecular complexity index is 933. The molecule has 0 radical (unpaired) electrons. The van der Waals surface area contributed by atoms with Crippen molar-refractivity contribution in [1.82, 2.24) is 0 Å². The highest BCUT2D eigenvalue weighted by molar-refractivity contribution is 5.71. The minimum Gasteiger partial charge on any atom is -0.462 e. The molecule has 6 heteroatoms. The van der Waals surface area contributed by atoms with Crippen LogP contribution in [0, 0.1) is 5.92 Å². The fraction of sp³-hybridized carbons (Fsp3) is 0.946. The van der Waals surface area contributed by atoms with Crippen LogP contribution in [0.25, 0.3) is 0 Å². The van der Waals surface area contributed by atoms with Gasteiger partial charge in [-0.05, 0) is 25.2 Å². The largest absolute Gasteiger partial charge is 0.462 e. The van der Waals surface area contributed by atoms with Crippen LogP contribution in [0.5, 0.6) is 0 Å². The van der Waals surface area contributed by atoms with Gasteiger partial charge >= 0.3 is 17.9 Å². The highest BCUT2D eigenvalue weighted by atomic mass is 16.6.